The molecule has 0 atom stereocenters. The van der Waals surface area contributed by atoms with Crippen molar-refractivity contribution >= 4 is 8.07 Å². The zero-order valence-electron chi connectivity index (χ0n) is 8.13. The molecule has 0 saturated heterocycles. The summed E-state index contributed by atoms with van der Waals surface area (Å²) in [4.78, 5) is 3.98. The van der Waals surface area contributed by atoms with Crippen molar-refractivity contribution in [3.8, 4) is 17.2 Å². The summed E-state index contributed by atoms with van der Waals surface area (Å²) >= 11 is 0. The summed E-state index contributed by atoms with van der Waals surface area (Å²) in [5.41, 5.74) is 3.62. The van der Waals surface area contributed by atoms with Crippen molar-refractivity contribution in [2.24, 2.45) is 0 Å². The summed E-state index contributed by atoms with van der Waals surface area (Å²) in [5, 5.41) is 9.36. The van der Waals surface area contributed by atoms with Gasteiger partial charge in [0.1, 0.15) is 13.8 Å². The molecule has 0 saturated carbocycles. The maximum atomic E-state index is 9.36. The average molecular weight is 191 g/mol. The molecular weight excluding hydrogens is 178 g/mol. The van der Waals surface area contributed by atoms with E-state index in [-0.39, 0.29) is 5.75 Å². The van der Waals surface area contributed by atoms with Gasteiger partial charge in [0.05, 0.1) is 0 Å². The van der Waals surface area contributed by atoms with E-state index in [1.54, 1.807) is 18.3 Å². The standard InChI is InChI=1S/C10H13NOSi/c1-13(2,3)8-6-9-10(12)5-4-7-11-9/h4-5,7,12H,1-3H3. The number of nitrogens with zero attached hydrogens (tertiary/aromatic N) is 1. The Labute approximate surface area is 79.7 Å². The molecule has 1 aromatic heterocycles. The summed E-state index contributed by atoms with van der Waals surface area (Å²) < 4.78 is 0. The van der Waals surface area contributed by atoms with E-state index in [0.717, 1.165) is 0 Å². The fourth-order valence-electron chi connectivity index (χ4n) is 0.740. The molecule has 0 aromatic carbocycles. The second-order valence-electron chi connectivity index (χ2n) is 3.87. The molecule has 1 N–H and O–H groups in total. The summed E-state index contributed by atoms with van der Waals surface area (Å²) in [7, 11) is -1.38. The lowest BCUT2D eigenvalue weighted by Crippen LogP contribution is -2.16. The van der Waals surface area contributed by atoms with Gasteiger partial charge in [0.25, 0.3) is 0 Å². The third kappa shape index (κ3) is 3.30. The summed E-state index contributed by atoms with van der Waals surface area (Å²) in [6.45, 7) is 6.46. The van der Waals surface area contributed by atoms with E-state index in [1.807, 2.05) is 0 Å². The van der Waals surface area contributed by atoms with Crippen LogP contribution in [0, 0.1) is 11.5 Å². The molecule has 1 heterocycles. The first-order chi connectivity index (χ1) is 5.99. The number of hydrogen-bond donors (Lipinski definition) is 1. The molecule has 1 aromatic rings. The summed E-state index contributed by atoms with van der Waals surface area (Å²) in [5.74, 6) is 3.06. The normalized spacial score (nSPS) is 10.4. The van der Waals surface area contributed by atoms with Gasteiger partial charge in [-0.3, -0.25) is 0 Å². The molecule has 0 amide bonds. The maximum Gasteiger partial charge on any atom is 0.154 e. The number of aromatic nitrogens is 1. The number of rotatable bonds is 0. The van der Waals surface area contributed by atoms with Gasteiger partial charge in [-0.1, -0.05) is 25.6 Å². The van der Waals surface area contributed by atoms with Crippen LogP contribution in [0.15, 0.2) is 18.3 Å². The quantitative estimate of drug-likeness (QED) is 0.502. The largest absolute Gasteiger partial charge is 0.505 e. The summed E-state index contributed by atoms with van der Waals surface area (Å²) in [6, 6.07) is 3.29. The Kier molecular flexibility index (Phi) is 2.74. The number of pyridine rings is 1. The Balaban J connectivity index is 2.97. The Hall–Kier alpha value is -1.27. The molecule has 68 valence electrons. The van der Waals surface area contributed by atoms with E-state index in [9.17, 15) is 5.11 Å². The van der Waals surface area contributed by atoms with E-state index >= 15 is 0 Å². The van der Waals surface area contributed by atoms with Crippen molar-refractivity contribution in [1.82, 2.24) is 4.98 Å². The third-order valence-electron chi connectivity index (χ3n) is 1.34. The molecular formula is C10H13NOSi. The highest BCUT2D eigenvalue weighted by Gasteiger charge is 2.08. The predicted octanol–water partition coefficient (Wildman–Crippen LogP) is 2.02. The Morgan fingerprint density at radius 1 is 1.38 bits per heavy atom. The fraction of sp³-hybridized carbons (Fsp3) is 0.300. The Morgan fingerprint density at radius 2 is 2.08 bits per heavy atom. The monoisotopic (exact) mass is 191 g/mol. The number of hydrogen-bond acceptors (Lipinski definition) is 2. The molecule has 0 radical (unpaired) electrons. The van der Waals surface area contributed by atoms with Crippen LogP contribution in [0.25, 0.3) is 0 Å². The molecule has 13 heavy (non-hydrogen) atoms. The highest BCUT2D eigenvalue weighted by atomic mass is 28.3. The van der Waals surface area contributed by atoms with E-state index in [0.29, 0.717) is 5.69 Å². The van der Waals surface area contributed by atoms with Crippen LogP contribution in [0.4, 0.5) is 0 Å². The molecule has 0 unspecified atom stereocenters. The molecule has 2 nitrogen and oxygen atoms in total. The maximum absolute atomic E-state index is 9.36. The fourth-order valence-corrected chi connectivity index (χ4v) is 1.23. The molecule has 0 spiro atoms. The number of aromatic hydroxyl groups is 1. The van der Waals surface area contributed by atoms with E-state index in [1.165, 1.54) is 0 Å². The summed E-state index contributed by atoms with van der Waals surface area (Å²) in [6.07, 6.45) is 1.63. The zero-order valence-corrected chi connectivity index (χ0v) is 9.13. The van der Waals surface area contributed by atoms with Crippen LogP contribution in [0.1, 0.15) is 5.69 Å². The van der Waals surface area contributed by atoms with Crippen molar-refractivity contribution in [3.63, 3.8) is 0 Å². The minimum absolute atomic E-state index is 0.160. The molecule has 0 bridgehead atoms. The second-order valence-corrected chi connectivity index (χ2v) is 8.62. The van der Waals surface area contributed by atoms with Crippen molar-refractivity contribution in [3.05, 3.63) is 24.0 Å². The molecule has 0 aliphatic carbocycles. The van der Waals surface area contributed by atoms with E-state index < -0.39 is 8.07 Å². The molecule has 0 aliphatic rings. The highest BCUT2D eigenvalue weighted by Crippen LogP contribution is 2.10. The van der Waals surface area contributed by atoms with Gasteiger partial charge in [0, 0.05) is 6.20 Å². The molecule has 3 heteroatoms. The van der Waals surface area contributed by atoms with Gasteiger partial charge in [-0.2, -0.15) is 0 Å². The van der Waals surface area contributed by atoms with Crippen LogP contribution in [0.2, 0.25) is 19.6 Å². The minimum atomic E-state index is -1.38. The first kappa shape index (κ1) is 9.81. The first-order valence-electron chi connectivity index (χ1n) is 4.16. The molecule has 1 rings (SSSR count). The van der Waals surface area contributed by atoms with Crippen molar-refractivity contribution in [2.75, 3.05) is 0 Å². The average Bonchev–Trinajstić information content (AvgIpc) is 2.01. The van der Waals surface area contributed by atoms with E-state index in [2.05, 4.69) is 36.1 Å². The lowest BCUT2D eigenvalue weighted by molar-refractivity contribution is 0.471. The van der Waals surface area contributed by atoms with Crippen LogP contribution in [-0.4, -0.2) is 18.2 Å². The van der Waals surface area contributed by atoms with Crippen LogP contribution in [0.3, 0.4) is 0 Å². The van der Waals surface area contributed by atoms with Crippen LogP contribution < -0.4 is 0 Å². The topological polar surface area (TPSA) is 33.1 Å². The van der Waals surface area contributed by atoms with Gasteiger partial charge in [-0.15, -0.1) is 5.54 Å². The lowest BCUT2D eigenvalue weighted by Gasteiger charge is -2.03. The Morgan fingerprint density at radius 3 is 2.62 bits per heavy atom. The van der Waals surface area contributed by atoms with Gasteiger partial charge in [-0.05, 0) is 12.1 Å². The van der Waals surface area contributed by atoms with Crippen molar-refractivity contribution in [1.29, 1.82) is 0 Å². The first-order valence-corrected chi connectivity index (χ1v) is 7.66. The third-order valence-corrected chi connectivity index (χ3v) is 2.22. The Bertz CT molecular complexity index is 357. The minimum Gasteiger partial charge on any atom is -0.505 e. The SMILES string of the molecule is C[Si](C)(C)C#Cc1ncccc1O. The van der Waals surface area contributed by atoms with E-state index in [4.69, 9.17) is 0 Å². The van der Waals surface area contributed by atoms with Crippen LogP contribution in [-0.2, 0) is 0 Å². The smallest absolute Gasteiger partial charge is 0.154 e. The lowest BCUT2D eigenvalue weighted by atomic mass is 10.3. The van der Waals surface area contributed by atoms with Gasteiger partial charge in [0.15, 0.2) is 5.69 Å². The van der Waals surface area contributed by atoms with Crippen LogP contribution in [0.5, 0.6) is 5.75 Å². The molecule has 0 fully saturated rings. The van der Waals surface area contributed by atoms with Gasteiger partial charge < -0.3 is 5.11 Å². The van der Waals surface area contributed by atoms with Crippen molar-refractivity contribution in [2.45, 2.75) is 19.6 Å². The molecule has 0 aliphatic heterocycles. The zero-order chi connectivity index (χ0) is 9.90. The van der Waals surface area contributed by atoms with Gasteiger partial charge >= 0.3 is 0 Å². The van der Waals surface area contributed by atoms with Crippen molar-refractivity contribution < 1.29 is 5.11 Å². The van der Waals surface area contributed by atoms with Gasteiger partial charge in [-0.25, -0.2) is 4.98 Å². The van der Waals surface area contributed by atoms with Crippen LogP contribution >= 0.6 is 0 Å². The van der Waals surface area contributed by atoms with Gasteiger partial charge in [0.2, 0.25) is 0 Å². The predicted molar refractivity (Wildman–Crippen MR) is 56.1 cm³/mol. The second kappa shape index (κ2) is 3.63. The highest BCUT2D eigenvalue weighted by molar-refractivity contribution is 6.83.